The van der Waals surface area contributed by atoms with Crippen molar-refractivity contribution in [2.24, 2.45) is 5.92 Å². The highest BCUT2D eigenvalue weighted by atomic mass is 16.6. The number of hydrogen-bond acceptors (Lipinski definition) is 4. The third-order valence-electron chi connectivity index (χ3n) is 3.25. The molecule has 0 aromatic carbocycles. The number of esters is 2. The van der Waals surface area contributed by atoms with Crippen molar-refractivity contribution in [3.05, 3.63) is 23.6 Å². The third-order valence-corrected chi connectivity index (χ3v) is 3.25. The van der Waals surface area contributed by atoms with E-state index in [-0.39, 0.29) is 17.5 Å². The van der Waals surface area contributed by atoms with Gasteiger partial charge in [-0.05, 0) is 13.3 Å². The van der Waals surface area contributed by atoms with Gasteiger partial charge in [0.15, 0.2) is 0 Å². The largest absolute Gasteiger partial charge is 0.449 e. The predicted molar refractivity (Wildman–Crippen MR) is 57.5 cm³/mol. The van der Waals surface area contributed by atoms with Gasteiger partial charge in [0.05, 0.1) is 12.3 Å². The Hall–Kier alpha value is -1.83. The molecule has 0 N–H and O–H groups in total. The molecule has 0 amide bonds. The first-order valence-corrected chi connectivity index (χ1v) is 5.46. The lowest BCUT2D eigenvalue weighted by Crippen LogP contribution is -2.45. The van der Waals surface area contributed by atoms with E-state index in [0.29, 0.717) is 19.3 Å². The van der Waals surface area contributed by atoms with E-state index in [9.17, 15) is 9.59 Å². The highest BCUT2D eigenvalue weighted by Crippen LogP contribution is 2.43. The van der Waals surface area contributed by atoms with E-state index in [1.165, 1.54) is 6.92 Å². The van der Waals surface area contributed by atoms with Crippen LogP contribution in [0.5, 0.6) is 0 Å². The first-order chi connectivity index (χ1) is 7.98. The maximum absolute atomic E-state index is 11.5. The van der Waals surface area contributed by atoms with Crippen LogP contribution in [0.25, 0.3) is 4.85 Å². The molecule has 1 aliphatic carbocycles. The number of fused-ring (bicyclic) bond motifs is 2. The summed E-state index contributed by atoms with van der Waals surface area (Å²) in [6.07, 6.45) is 0.706. The average Bonchev–Trinajstić information content (AvgIpc) is 2.61. The summed E-state index contributed by atoms with van der Waals surface area (Å²) in [5, 5.41) is 0. The average molecular weight is 235 g/mol. The molecule has 0 aromatic heterocycles. The standard InChI is InChI=1S/C12H13NO4/c1-7(2)10(14)17-12(13-3)5-4-8-6-9(12)16-11(8)15/h8-9H,1,4-6H2,2H3. The Labute approximate surface area is 99.2 Å². The number of carbonyl (C=O) groups excluding carboxylic acids is 2. The molecule has 5 nitrogen and oxygen atoms in total. The van der Waals surface area contributed by atoms with Crippen molar-refractivity contribution in [1.82, 2.24) is 0 Å². The minimum Gasteiger partial charge on any atom is -0.449 e. The molecular formula is C12H13NO4. The van der Waals surface area contributed by atoms with Gasteiger partial charge in [0.1, 0.15) is 0 Å². The van der Waals surface area contributed by atoms with Crippen LogP contribution in [0.2, 0.25) is 0 Å². The quantitative estimate of drug-likeness (QED) is 0.413. The highest BCUT2D eigenvalue weighted by Gasteiger charge is 2.61. The summed E-state index contributed by atoms with van der Waals surface area (Å²) in [6.45, 7) is 12.2. The second-order valence-electron chi connectivity index (χ2n) is 4.52. The first kappa shape index (κ1) is 11.6. The second-order valence-corrected chi connectivity index (χ2v) is 4.52. The van der Waals surface area contributed by atoms with Crippen molar-refractivity contribution in [3.8, 4) is 0 Å². The van der Waals surface area contributed by atoms with E-state index in [4.69, 9.17) is 16.0 Å². The van der Waals surface area contributed by atoms with Gasteiger partial charge in [-0.1, -0.05) is 6.58 Å². The Morgan fingerprint density at radius 3 is 3.00 bits per heavy atom. The maximum Gasteiger partial charge on any atom is 0.414 e. The molecule has 17 heavy (non-hydrogen) atoms. The van der Waals surface area contributed by atoms with Crippen molar-refractivity contribution in [2.75, 3.05) is 0 Å². The number of hydrogen-bond donors (Lipinski definition) is 0. The smallest absolute Gasteiger partial charge is 0.414 e. The van der Waals surface area contributed by atoms with Crippen molar-refractivity contribution in [1.29, 1.82) is 0 Å². The summed E-state index contributed by atoms with van der Waals surface area (Å²) in [5.41, 5.74) is -1.11. The van der Waals surface area contributed by atoms with Crippen molar-refractivity contribution < 1.29 is 19.1 Å². The summed E-state index contributed by atoms with van der Waals surface area (Å²) in [7, 11) is 0. The van der Waals surface area contributed by atoms with Crippen LogP contribution in [0, 0.1) is 12.5 Å². The zero-order valence-electron chi connectivity index (χ0n) is 9.56. The van der Waals surface area contributed by atoms with E-state index in [1.807, 2.05) is 0 Å². The monoisotopic (exact) mass is 235 g/mol. The van der Waals surface area contributed by atoms with Crippen molar-refractivity contribution >= 4 is 11.9 Å². The molecular weight excluding hydrogens is 222 g/mol. The fraction of sp³-hybridized carbons (Fsp3) is 0.583. The van der Waals surface area contributed by atoms with Gasteiger partial charge in [-0.25, -0.2) is 11.4 Å². The van der Waals surface area contributed by atoms with E-state index in [0.717, 1.165) is 0 Å². The lowest BCUT2D eigenvalue weighted by molar-refractivity contribution is -0.168. The molecule has 1 saturated heterocycles. The minimum atomic E-state index is -1.35. The Kier molecular flexibility index (Phi) is 2.66. The van der Waals surface area contributed by atoms with Crippen LogP contribution in [0.3, 0.4) is 0 Å². The Morgan fingerprint density at radius 2 is 2.41 bits per heavy atom. The molecule has 2 fully saturated rings. The predicted octanol–water partition coefficient (Wildman–Crippen LogP) is 1.45. The van der Waals surface area contributed by atoms with Gasteiger partial charge in [-0.2, -0.15) is 0 Å². The molecule has 90 valence electrons. The van der Waals surface area contributed by atoms with Gasteiger partial charge < -0.3 is 9.47 Å². The lowest BCUT2D eigenvalue weighted by atomic mass is 9.84. The number of ether oxygens (including phenoxy) is 2. The Morgan fingerprint density at radius 1 is 1.71 bits per heavy atom. The van der Waals surface area contributed by atoms with Crippen molar-refractivity contribution in [3.63, 3.8) is 0 Å². The zero-order chi connectivity index (χ0) is 12.6. The van der Waals surface area contributed by atoms with Crippen LogP contribution in [0.15, 0.2) is 12.2 Å². The molecule has 2 bridgehead atoms. The molecule has 1 saturated carbocycles. The molecule has 3 atom stereocenters. The fourth-order valence-electron chi connectivity index (χ4n) is 2.21. The molecule has 1 aliphatic heterocycles. The Bertz CT molecular complexity index is 436. The van der Waals surface area contributed by atoms with Gasteiger partial charge in [-0.15, -0.1) is 0 Å². The van der Waals surface area contributed by atoms with E-state index in [2.05, 4.69) is 11.4 Å². The number of carbonyl (C=O) groups is 2. The van der Waals surface area contributed by atoms with E-state index < -0.39 is 17.8 Å². The summed E-state index contributed by atoms with van der Waals surface area (Å²) in [4.78, 5) is 26.3. The van der Waals surface area contributed by atoms with Gasteiger partial charge in [0.25, 0.3) is 0 Å². The van der Waals surface area contributed by atoms with Crippen molar-refractivity contribution in [2.45, 2.75) is 38.0 Å². The van der Waals surface area contributed by atoms with Crippen LogP contribution in [-0.4, -0.2) is 23.8 Å². The molecule has 0 spiro atoms. The topological polar surface area (TPSA) is 57.0 Å². The maximum atomic E-state index is 11.5. The second kappa shape index (κ2) is 3.88. The lowest BCUT2D eigenvalue weighted by Gasteiger charge is -2.28. The van der Waals surface area contributed by atoms with Crippen LogP contribution in [0.4, 0.5) is 0 Å². The molecule has 2 rings (SSSR count). The summed E-state index contributed by atoms with van der Waals surface area (Å²) >= 11 is 0. The molecule has 1 heterocycles. The highest BCUT2D eigenvalue weighted by molar-refractivity contribution is 5.87. The molecule has 3 unspecified atom stereocenters. The zero-order valence-corrected chi connectivity index (χ0v) is 9.56. The molecule has 0 aromatic rings. The van der Waals surface area contributed by atoms with Gasteiger partial charge in [0.2, 0.25) is 6.10 Å². The van der Waals surface area contributed by atoms with Crippen LogP contribution >= 0.6 is 0 Å². The van der Waals surface area contributed by atoms with Gasteiger partial charge in [0, 0.05) is 12.0 Å². The summed E-state index contributed by atoms with van der Waals surface area (Å²) in [6, 6.07) is 0. The molecule has 0 radical (unpaired) electrons. The Balaban J connectivity index is 2.21. The van der Waals surface area contributed by atoms with Gasteiger partial charge >= 0.3 is 17.7 Å². The normalized spacial score (nSPS) is 34.7. The first-order valence-electron chi connectivity index (χ1n) is 5.46. The van der Waals surface area contributed by atoms with Gasteiger partial charge in [-0.3, -0.25) is 9.64 Å². The number of rotatable bonds is 2. The molecule has 2 aliphatic rings. The summed E-state index contributed by atoms with van der Waals surface area (Å²) < 4.78 is 10.3. The fourth-order valence-corrected chi connectivity index (χ4v) is 2.21. The van der Waals surface area contributed by atoms with Crippen LogP contribution in [-0.2, 0) is 19.1 Å². The van der Waals surface area contributed by atoms with Crippen LogP contribution < -0.4 is 0 Å². The SMILES string of the molecule is [C-]#[N+]C1(OC(=O)C(=C)C)CCC2CC1OC2=O. The minimum absolute atomic E-state index is 0.140. The van der Waals surface area contributed by atoms with E-state index >= 15 is 0 Å². The summed E-state index contributed by atoms with van der Waals surface area (Å²) in [5.74, 6) is -1.03. The third kappa shape index (κ3) is 1.80. The van der Waals surface area contributed by atoms with Crippen LogP contribution in [0.1, 0.15) is 26.2 Å². The van der Waals surface area contributed by atoms with E-state index in [1.54, 1.807) is 0 Å². The number of nitrogens with zero attached hydrogens (tertiary/aromatic N) is 1. The molecule has 5 heteroatoms.